The Balaban J connectivity index is 0.00000867. The molecule has 3 heterocycles. The minimum atomic E-state index is -0.826. The summed E-state index contributed by atoms with van der Waals surface area (Å²) in [6, 6.07) is 34.2. The summed E-state index contributed by atoms with van der Waals surface area (Å²) in [6.45, 7) is 29.1. The van der Waals surface area contributed by atoms with Gasteiger partial charge >= 0.3 is 0 Å². The fourth-order valence-corrected chi connectivity index (χ4v) is 11.1. The molecule has 0 bridgehead atoms. The number of pyridine rings is 1. The van der Waals surface area contributed by atoms with E-state index >= 15 is 0 Å². The molecule has 2 aliphatic rings. The monoisotopic (exact) mass is 1240 g/mol. The quantitative estimate of drug-likeness (QED) is 0.142. The Morgan fingerprint density at radius 2 is 1.20 bits per heavy atom. The largest absolute Gasteiger partial charge is 0.509 e. The third-order valence-corrected chi connectivity index (χ3v) is 15.9. The number of fused-ring (bicyclic) bond motifs is 5. The van der Waals surface area contributed by atoms with Crippen molar-refractivity contribution in [1.82, 2.24) is 9.55 Å². The number of para-hydroxylation sites is 3. The summed E-state index contributed by atoms with van der Waals surface area (Å²) in [5.41, 5.74) is 7.57. The van der Waals surface area contributed by atoms with Gasteiger partial charge in [-0.1, -0.05) is 192 Å². The van der Waals surface area contributed by atoms with Crippen molar-refractivity contribution in [2.45, 2.75) is 130 Å². The van der Waals surface area contributed by atoms with Crippen molar-refractivity contribution < 1.29 is 42.3 Å². The van der Waals surface area contributed by atoms with Crippen molar-refractivity contribution in [3.8, 4) is 50.7 Å². The molecule has 1 aliphatic heterocycles. The first-order chi connectivity index (χ1) is 42.5. The first-order valence-electron chi connectivity index (χ1n) is 33.3. The number of nitrogens with zero attached hydrogens (tertiary/aromatic N) is 4. The maximum atomic E-state index is 10.1. The molecule has 12 rings (SSSR count). The van der Waals surface area contributed by atoms with Crippen LogP contribution in [0.2, 0.25) is 0 Å². The summed E-state index contributed by atoms with van der Waals surface area (Å²) in [6.07, 6.45) is 3.69. The average Bonchev–Trinajstić information content (AvgIpc) is 1.38. The van der Waals surface area contributed by atoms with Crippen LogP contribution in [0.4, 0.5) is 22.7 Å². The van der Waals surface area contributed by atoms with E-state index in [4.69, 9.17) is 19.3 Å². The summed E-state index contributed by atoms with van der Waals surface area (Å²) >= 11 is 0. The van der Waals surface area contributed by atoms with Crippen molar-refractivity contribution in [3.63, 3.8) is 0 Å². The number of benzene rings is 8. The van der Waals surface area contributed by atoms with Crippen LogP contribution in [-0.2, 0) is 48.1 Å². The topological polar surface area (TPSA) is 33.5 Å². The molecule has 5 nitrogen and oxygen atoms in total. The standard InChI is InChI=1S/C74H73N4O.Pt/c1-70(2,3)52-21-18-20-50(40-52)48-28-30-49(31-29-48)60-42-54(72(7,8)9)43-61(51-32-35-62-63(41-51)74(12,13)38-37-73(62,10)11)69(60)77-47-76(65-26-16-17-27-66(65)77)55-22-19-23-56(45-55)79-57-33-34-59-58-24-14-15-25-64(58)78(67(59)46-57)68-44-53(36-39-75-68)71(4,5)6;/h14-36,39-44,47H,37-38H2,1-13H3;/q-3;/i14D,15D,18D,20D,21D,24D,25D,28D,29D,30D,31D,40D;. The molecule has 80 heavy (non-hydrogen) atoms. The number of rotatable bonds is 8. The van der Waals surface area contributed by atoms with E-state index in [0.29, 0.717) is 44.8 Å². The van der Waals surface area contributed by atoms with Gasteiger partial charge in [-0.25, -0.2) is 4.98 Å². The molecule has 8 aromatic carbocycles. The van der Waals surface area contributed by atoms with Gasteiger partial charge in [-0.3, -0.25) is 0 Å². The molecule has 2 aromatic heterocycles. The Labute approximate surface area is 506 Å². The van der Waals surface area contributed by atoms with Gasteiger partial charge in [-0.05, 0) is 138 Å². The zero-order valence-electron chi connectivity index (χ0n) is 59.8. The molecule has 0 atom stereocenters. The van der Waals surface area contributed by atoms with Crippen molar-refractivity contribution >= 4 is 44.6 Å². The predicted octanol–water partition coefficient (Wildman–Crippen LogP) is 20.2. The van der Waals surface area contributed by atoms with E-state index in [1.54, 1.807) is 49.7 Å². The Bertz CT molecular complexity index is 4700. The van der Waals surface area contributed by atoms with Crippen molar-refractivity contribution in [3.05, 3.63) is 222 Å². The molecule has 408 valence electrons. The molecular weight excluding hydrogens is 1160 g/mol. The van der Waals surface area contributed by atoms with Crippen LogP contribution in [0.15, 0.2) is 176 Å². The Hall–Kier alpha value is -7.20. The minimum absolute atomic E-state index is 0. The summed E-state index contributed by atoms with van der Waals surface area (Å²) in [4.78, 5) is 8.77. The molecule has 0 spiro atoms. The van der Waals surface area contributed by atoms with E-state index in [-0.39, 0.29) is 107 Å². The van der Waals surface area contributed by atoms with Gasteiger partial charge in [0.2, 0.25) is 0 Å². The zero-order valence-corrected chi connectivity index (χ0v) is 50.1. The summed E-state index contributed by atoms with van der Waals surface area (Å²) in [7, 11) is 0. The predicted molar refractivity (Wildman–Crippen MR) is 332 cm³/mol. The number of ether oxygens (including phenoxy) is 1. The van der Waals surface area contributed by atoms with Crippen LogP contribution in [0.25, 0.3) is 61.0 Å². The summed E-state index contributed by atoms with van der Waals surface area (Å²) in [5.74, 6) is 1.07. The first kappa shape index (κ1) is 41.8. The molecule has 0 saturated carbocycles. The Morgan fingerprint density at radius 1 is 0.550 bits per heavy atom. The number of anilines is 4. The molecule has 0 radical (unpaired) electrons. The fraction of sp³-hybridized carbons (Fsp3) is 0.270. The van der Waals surface area contributed by atoms with E-state index in [2.05, 4.69) is 106 Å². The molecule has 6 heteroatoms. The molecular formula is C74H73N4OPt-3. The first-order valence-corrected chi connectivity index (χ1v) is 27.3. The maximum absolute atomic E-state index is 10.1. The van der Waals surface area contributed by atoms with Crippen molar-refractivity contribution in [2.75, 3.05) is 9.80 Å². The summed E-state index contributed by atoms with van der Waals surface area (Å²) in [5, 5.41) is 0.877. The van der Waals surface area contributed by atoms with Crippen LogP contribution in [0, 0.1) is 18.8 Å². The van der Waals surface area contributed by atoms with Gasteiger partial charge in [-0.2, -0.15) is 12.1 Å². The van der Waals surface area contributed by atoms with Crippen LogP contribution < -0.4 is 14.5 Å². The minimum Gasteiger partial charge on any atom is -0.509 e. The second-order valence-corrected chi connectivity index (χ2v) is 25.6. The van der Waals surface area contributed by atoms with Gasteiger partial charge in [0, 0.05) is 72.5 Å². The van der Waals surface area contributed by atoms with E-state index in [1.807, 2.05) is 71.1 Å². The average molecular weight is 1240 g/mol. The summed E-state index contributed by atoms with van der Waals surface area (Å²) < 4.78 is 120. The van der Waals surface area contributed by atoms with E-state index in [1.165, 1.54) is 11.1 Å². The molecule has 10 aromatic rings. The van der Waals surface area contributed by atoms with Gasteiger partial charge in [0.05, 0.1) is 16.4 Å². The smallest absolute Gasteiger partial charge is 0.135 e. The molecule has 0 fully saturated rings. The van der Waals surface area contributed by atoms with Crippen molar-refractivity contribution in [2.24, 2.45) is 0 Å². The second kappa shape index (κ2) is 20.1. The van der Waals surface area contributed by atoms with Gasteiger partial charge in [0.1, 0.15) is 5.82 Å². The SMILES string of the molecule is [2H]c1c([2H])c(-c2c([2H])c([2H])c(-c3cc(C(C)(C)C)cc(-c4ccc5c(c4)C(C)(C)CCC5(C)C)c3N3[CH-]N(c4[c-]c(Oc5[c-]c6c(cc5)c5c([2H])c([2H])c([2H])c([2H])c5n6-c5cc(C(C)(C)C)ccn5)ccc4)c4ccccc43)c([2H])c2[2H])c([2H])c(C(C)(C)C)c1[2H].[Pt]. The van der Waals surface area contributed by atoms with E-state index in [0.717, 1.165) is 46.5 Å². The molecule has 0 N–H and O–H groups in total. The van der Waals surface area contributed by atoms with Crippen LogP contribution in [0.3, 0.4) is 0 Å². The number of hydrogen-bond acceptors (Lipinski definition) is 4. The van der Waals surface area contributed by atoms with Gasteiger partial charge < -0.3 is 19.1 Å². The Kier molecular flexibility index (Phi) is 10.5. The number of aromatic nitrogens is 2. The third-order valence-electron chi connectivity index (χ3n) is 15.9. The molecule has 0 amide bonds. The molecule has 1 aliphatic carbocycles. The maximum Gasteiger partial charge on any atom is 0.135 e. The van der Waals surface area contributed by atoms with Gasteiger partial charge in [-0.15, -0.1) is 48.1 Å². The third kappa shape index (κ3) is 9.99. The van der Waals surface area contributed by atoms with Gasteiger partial charge in [0.15, 0.2) is 0 Å². The normalized spacial score (nSPS) is 17.1. The van der Waals surface area contributed by atoms with Crippen LogP contribution >= 0.6 is 0 Å². The number of hydrogen-bond donors (Lipinski definition) is 0. The van der Waals surface area contributed by atoms with Crippen LogP contribution in [-0.4, -0.2) is 9.55 Å². The van der Waals surface area contributed by atoms with E-state index in [9.17, 15) is 6.85 Å². The molecule has 0 saturated heterocycles. The molecule has 0 unspecified atom stereocenters. The van der Waals surface area contributed by atoms with Crippen LogP contribution in [0.1, 0.15) is 147 Å². The second-order valence-electron chi connectivity index (χ2n) is 25.6. The van der Waals surface area contributed by atoms with Crippen molar-refractivity contribution in [1.29, 1.82) is 0 Å². The van der Waals surface area contributed by atoms with E-state index < -0.39 is 47.1 Å². The zero-order chi connectivity index (χ0) is 65.8. The fourth-order valence-electron chi connectivity index (χ4n) is 11.1. The Morgan fingerprint density at radius 3 is 1.91 bits per heavy atom. The van der Waals surface area contributed by atoms with Gasteiger partial charge in [0.25, 0.3) is 0 Å². The van der Waals surface area contributed by atoms with Crippen LogP contribution in [0.5, 0.6) is 11.5 Å².